The molecule has 0 unspecified atom stereocenters. The summed E-state index contributed by atoms with van der Waals surface area (Å²) in [7, 11) is -0.321. The van der Waals surface area contributed by atoms with Crippen LogP contribution in [-0.4, -0.2) is 45.2 Å². The van der Waals surface area contributed by atoms with Crippen molar-refractivity contribution >= 4 is 63.6 Å². The summed E-state index contributed by atoms with van der Waals surface area (Å²) < 4.78 is 6.11. The Morgan fingerprint density at radius 3 is 2.30 bits per heavy atom. The summed E-state index contributed by atoms with van der Waals surface area (Å²) in [5, 5.41) is 4.88. The van der Waals surface area contributed by atoms with E-state index in [1.54, 1.807) is 12.4 Å². The molecule has 3 aromatic carbocycles. The van der Waals surface area contributed by atoms with Crippen molar-refractivity contribution in [1.82, 2.24) is 24.1 Å². The second-order valence-corrected chi connectivity index (χ2v) is 16.8. The van der Waals surface area contributed by atoms with Gasteiger partial charge in [-0.05, 0) is 29.0 Å². The van der Waals surface area contributed by atoms with E-state index in [0.717, 1.165) is 34.2 Å². The minimum atomic E-state index is -2.27. The van der Waals surface area contributed by atoms with E-state index in [1.165, 1.54) is 26.7 Å². The van der Waals surface area contributed by atoms with Gasteiger partial charge in [0.1, 0.15) is 12.9 Å². The van der Waals surface area contributed by atoms with Gasteiger partial charge in [0, 0.05) is 16.7 Å². The zero-order chi connectivity index (χ0) is 29.2. The van der Waals surface area contributed by atoms with Gasteiger partial charge in [0.05, 0.1) is 20.0 Å². The molecule has 8 heteroatoms. The average molecular weight is 760 g/mol. The Hall–Kier alpha value is -4.02. The fraction of sp³-hybridized carbons (Fsp3) is 0.200. The molecule has 1 aliphatic rings. The number of nitrogens with zero attached hydrogens (tertiary/aromatic N) is 6. The monoisotopic (exact) mass is 759 g/mol. The van der Waals surface area contributed by atoms with Crippen molar-refractivity contribution in [1.29, 1.82) is 0 Å². The van der Waals surface area contributed by atoms with Gasteiger partial charge in [0.2, 0.25) is 0 Å². The number of benzene rings is 3. The van der Waals surface area contributed by atoms with Gasteiger partial charge in [-0.25, -0.2) is 4.98 Å². The molecule has 1 aliphatic heterocycles. The Labute approximate surface area is 267 Å². The van der Waals surface area contributed by atoms with Crippen molar-refractivity contribution in [2.45, 2.75) is 39.3 Å². The van der Waals surface area contributed by atoms with Crippen molar-refractivity contribution in [3.05, 3.63) is 103 Å². The summed E-state index contributed by atoms with van der Waals surface area (Å²) >= 11 is 0. The Kier molecular flexibility index (Phi) is 7.17. The Balaban J connectivity index is 0.00000329. The van der Waals surface area contributed by atoms with Crippen molar-refractivity contribution in [3.8, 4) is 5.82 Å². The van der Waals surface area contributed by atoms with Crippen LogP contribution in [0.15, 0.2) is 85.3 Å². The molecule has 0 saturated heterocycles. The molecule has 7 rings (SSSR count). The van der Waals surface area contributed by atoms with Gasteiger partial charge in [-0.15, -0.1) is 32.2 Å². The van der Waals surface area contributed by atoms with Crippen LogP contribution in [0.3, 0.4) is 0 Å². The normalized spacial score (nSPS) is 13.1. The van der Waals surface area contributed by atoms with Crippen molar-refractivity contribution in [2.75, 3.05) is 7.05 Å². The molecule has 6 nitrogen and oxygen atoms in total. The van der Waals surface area contributed by atoms with Crippen molar-refractivity contribution < 1.29 is 25.6 Å². The smallest absolute Gasteiger partial charge is 0.349 e. The fourth-order valence-corrected chi connectivity index (χ4v) is 7.91. The van der Waals surface area contributed by atoms with Crippen LogP contribution in [-0.2, 0) is 26.5 Å². The summed E-state index contributed by atoms with van der Waals surface area (Å²) in [5.41, 5.74) is 4.38. The van der Waals surface area contributed by atoms with Gasteiger partial charge >= 0.3 is 38.7 Å². The number of hydrogen-bond acceptors (Lipinski definition) is 3. The van der Waals surface area contributed by atoms with Crippen LogP contribution in [0.25, 0.3) is 27.6 Å². The Morgan fingerprint density at radius 1 is 0.814 bits per heavy atom. The summed E-state index contributed by atoms with van der Waals surface area (Å²) in [6.07, 6.45) is 5.29. The number of fused-ring (bicyclic) bond motifs is 4. The van der Waals surface area contributed by atoms with Crippen LogP contribution in [0.1, 0.15) is 26.3 Å². The van der Waals surface area contributed by atoms with E-state index in [0.29, 0.717) is 0 Å². The Bertz CT molecular complexity index is 2100. The molecule has 0 saturated carbocycles. The third kappa shape index (κ3) is 4.82. The SMILES string of the molecule is C[N+]1=C=[N+](c2[c-]c([Si](C)(C)c3[c-]cc4c(c3)c3ccccc3n4-c3ccccn3)cc(C(C)(C)C)c2)c2nccnc21.[Pt+2]. The predicted molar refractivity (Wildman–Crippen MR) is 172 cm³/mol. The molecule has 214 valence electrons. The zero-order valence-corrected chi connectivity index (χ0v) is 28.4. The maximum Gasteiger partial charge on any atom is 2.00 e. The van der Waals surface area contributed by atoms with Gasteiger partial charge < -0.3 is 4.57 Å². The van der Waals surface area contributed by atoms with E-state index in [9.17, 15) is 0 Å². The van der Waals surface area contributed by atoms with E-state index in [1.807, 2.05) is 34.5 Å². The van der Waals surface area contributed by atoms with Gasteiger partial charge in [-0.3, -0.25) is 0 Å². The fourth-order valence-electron chi connectivity index (χ4n) is 5.72. The van der Waals surface area contributed by atoms with Crippen LogP contribution in [0.2, 0.25) is 13.1 Å². The molecule has 0 spiro atoms. The molecule has 0 N–H and O–H groups in total. The van der Waals surface area contributed by atoms with Gasteiger partial charge in [-0.1, -0.05) is 63.6 Å². The predicted octanol–water partition coefficient (Wildman–Crippen LogP) is 5.98. The maximum absolute atomic E-state index is 4.67. The van der Waals surface area contributed by atoms with Gasteiger partial charge in [0.25, 0.3) is 0 Å². The molecule has 3 aromatic heterocycles. The maximum atomic E-state index is 4.67. The van der Waals surface area contributed by atoms with Gasteiger partial charge in [0.15, 0.2) is 6.20 Å². The summed E-state index contributed by atoms with van der Waals surface area (Å²) in [4.78, 5) is 13.8. The number of pyridine rings is 1. The average Bonchev–Trinajstić information content (AvgIpc) is 3.51. The summed E-state index contributed by atoms with van der Waals surface area (Å²) in [6, 6.07) is 34.6. The van der Waals surface area contributed by atoms with Crippen LogP contribution >= 0.6 is 0 Å². The Morgan fingerprint density at radius 2 is 1.56 bits per heavy atom. The number of aromatic nitrogens is 4. The first-order valence-electron chi connectivity index (χ1n) is 14.2. The minimum absolute atomic E-state index is 0. The summed E-state index contributed by atoms with van der Waals surface area (Å²) in [6.45, 7) is 11.6. The largest absolute Gasteiger partial charge is 2.00 e. The first kappa shape index (κ1) is 29.1. The molecule has 4 heterocycles. The standard InChI is InChI=1S/C35H32N6Si.Pt/c1-35(2,3)24-19-25(40-23-39(4)33-34(40)38-18-17-37-33)21-27(20-24)42(5,6)26-14-15-31-29(22-26)28-11-7-8-12-30(28)41(31)32-13-9-10-16-36-32;/h7-13,15-20,22H,1-6H3;/q;+2. The van der Waals surface area contributed by atoms with E-state index < -0.39 is 8.07 Å². The van der Waals surface area contributed by atoms with Crippen LogP contribution < -0.4 is 14.9 Å². The molecular formula is C35H32N6PtSi+2. The number of rotatable bonds is 4. The van der Waals surface area contributed by atoms with Crippen molar-refractivity contribution in [3.63, 3.8) is 0 Å². The number of hydrogen-bond donors (Lipinski definition) is 0. The van der Waals surface area contributed by atoms with Gasteiger partial charge in [-0.2, -0.15) is 39.6 Å². The van der Waals surface area contributed by atoms with Crippen molar-refractivity contribution in [2.24, 2.45) is 0 Å². The zero-order valence-electron chi connectivity index (χ0n) is 25.1. The minimum Gasteiger partial charge on any atom is -0.349 e. The first-order chi connectivity index (χ1) is 20.1. The molecule has 0 amide bonds. The quantitative estimate of drug-likeness (QED) is 0.126. The second kappa shape index (κ2) is 10.6. The van der Waals surface area contributed by atoms with Crippen LogP contribution in [0.4, 0.5) is 17.3 Å². The molecule has 0 atom stereocenters. The van der Waals surface area contributed by atoms with E-state index in [4.69, 9.17) is 0 Å². The van der Waals surface area contributed by atoms with E-state index in [-0.39, 0.29) is 26.5 Å². The third-order valence-electron chi connectivity index (χ3n) is 8.23. The molecule has 0 radical (unpaired) electrons. The number of para-hydroxylation sites is 1. The topological polar surface area (TPSA) is 49.6 Å². The molecule has 0 bridgehead atoms. The third-order valence-corrected chi connectivity index (χ3v) is 11.5. The molecule has 6 aromatic rings. The van der Waals surface area contributed by atoms with E-state index >= 15 is 0 Å². The molecular weight excluding hydrogens is 728 g/mol. The van der Waals surface area contributed by atoms with E-state index in [2.05, 4.69) is 126 Å². The first-order valence-corrected chi connectivity index (χ1v) is 17.2. The summed E-state index contributed by atoms with van der Waals surface area (Å²) in [5.74, 6) is 2.46. The molecule has 0 aliphatic carbocycles. The molecule has 43 heavy (non-hydrogen) atoms. The van der Waals surface area contributed by atoms with Crippen LogP contribution in [0, 0.1) is 12.1 Å². The second-order valence-electron chi connectivity index (χ2n) is 12.4. The van der Waals surface area contributed by atoms with Crippen LogP contribution in [0.5, 0.6) is 0 Å². The molecule has 0 fully saturated rings.